The first kappa shape index (κ1) is 28.1. The summed E-state index contributed by atoms with van der Waals surface area (Å²) < 4.78 is 32.8. The Morgan fingerprint density at radius 2 is 1.76 bits per heavy atom. The van der Waals surface area contributed by atoms with Gasteiger partial charge in [-0.15, -0.1) is 0 Å². The Morgan fingerprint density at radius 3 is 2.49 bits per heavy atom. The first-order chi connectivity index (χ1) is 19.5. The van der Waals surface area contributed by atoms with Gasteiger partial charge >= 0.3 is 6.03 Å². The number of carbonyl (C=O) groups is 1. The minimum atomic E-state index is -3.46. The van der Waals surface area contributed by atoms with E-state index >= 15 is 0 Å². The maximum atomic E-state index is 13.0. The van der Waals surface area contributed by atoms with Crippen LogP contribution in [0.3, 0.4) is 0 Å². The Balaban J connectivity index is 1.27. The number of sulfonamides is 1. The number of likely N-dealkylation sites (N-methyl/N-ethyl adjacent to an activating group) is 1. The summed E-state index contributed by atoms with van der Waals surface area (Å²) >= 11 is 0. The van der Waals surface area contributed by atoms with Gasteiger partial charge in [0.2, 0.25) is 10.0 Å². The molecule has 0 bridgehead atoms. The van der Waals surface area contributed by atoms with E-state index in [1.807, 2.05) is 12.1 Å². The molecule has 41 heavy (non-hydrogen) atoms. The van der Waals surface area contributed by atoms with Crippen LogP contribution in [-0.4, -0.2) is 54.0 Å². The molecule has 11 nitrogen and oxygen atoms in total. The number of fused-ring (bicyclic) bond motifs is 1. The minimum absolute atomic E-state index is 0.155. The smallest absolute Gasteiger partial charge is 0.324 e. The van der Waals surface area contributed by atoms with E-state index in [1.165, 1.54) is 23.4 Å². The summed E-state index contributed by atoms with van der Waals surface area (Å²) in [6.45, 7) is 6.05. The molecule has 12 heteroatoms. The minimum Gasteiger partial charge on any atom is -0.457 e. The SMILES string of the molecule is CC(C)c1cc(NC(=O)Nc2ccc(Oc3ccnc(NS(C)(=O)=O)c3)cc2)n(-c2ccc3c(c2)CN(C)CC3)n1. The van der Waals surface area contributed by atoms with Crippen molar-refractivity contribution in [2.24, 2.45) is 0 Å². The van der Waals surface area contributed by atoms with Gasteiger partial charge in [0.05, 0.1) is 17.6 Å². The number of benzene rings is 2. The third-order valence-electron chi connectivity index (χ3n) is 6.57. The Labute approximate surface area is 239 Å². The maximum Gasteiger partial charge on any atom is 0.324 e. The Hall–Kier alpha value is -4.42. The van der Waals surface area contributed by atoms with Gasteiger partial charge in [0, 0.05) is 37.1 Å². The molecule has 214 valence electrons. The van der Waals surface area contributed by atoms with Gasteiger partial charge in [-0.3, -0.25) is 10.0 Å². The molecule has 0 saturated heterocycles. The number of amides is 2. The number of urea groups is 1. The van der Waals surface area contributed by atoms with Crippen molar-refractivity contribution in [2.45, 2.75) is 32.7 Å². The third-order valence-corrected chi connectivity index (χ3v) is 7.15. The van der Waals surface area contributed by atoms with Crippen LogP contribution in [0, 0.1) is 0 Å². The standard InChI is InChI=1S/C29H33N7O4S/c1-19(2)26-17-28(36(33-26)23-8-5-20-12-14-35(3)18-21(20)15-23)32-29(37)31-22-6-9-24(10-7-22)40-25-11-13-30-27(16-25)34-41(4,38)39/h5-11,13,15-17,19H,12,14,18H2,1-4H3,(H,30,34)(H2,31,32,37). The molecule has 1 aliphatic rings. The van der Waals surface area contributed by atoms with Gasteiger partial charge in [0.25, 0.3) is 0 Å². The molecule has 4 aromatic rings. The first-order valence-electron chi connectivity index (χ1n) is 13.2. The molecule has 0 radical (unpaired) electrons. The summed E-state index contributed by atoms with van der Waals surface area (Å²) in [6, 6.07) is 17.8. The molecule has 2 aromatic carbocycles. The van der Waals surface area contributed by atoms with Gasteiger partial charge in [0.15, 0.2) is 0 Å². The van der Waals surface area contributed by atoms with E-state index in [0.29, 0.717) is 23.0 Å². The van der Waals surface area contributed by atoms with Crippen molar-refractivity contribution in [1.82, 2.24) is 19.7 Å². The fourth-order valence-corrected chi connectivity index (χ4v) is 5.02. The van der Waals surface area contributed by atoms with Crippen LogP contribution in [0.15, 0.2) is 66.9 Å². The highest BCUT2D eigenvalue weighted by Crippen LogP contribution is 2.27. The Bertz CT molecular complexity index is 1670. The van der Waals surface area contributed by atoms with Crippen molar-refractivity contribution < 1.29 is 17.9 Å². The fraction of sp³-hybridized carbons (Fsp3) is 0.276. The zero-order valence-corrected chi connectivity index (χ0v) is 24.2. The van der Waals surface area contributed by atoms with E-state index in [-0.39, 0.29) is 11.7 Å². The number of anilines is 3. The van der Waals surface area contributed by atoms with Gasteiger partial charge in [-0.2, -0.15) is 5.10 Å². The number of hydrogen-bond acceptors (Lipinski definition) is 7. The molecule has 1 aliphatic heterocycles. The highest BCUT2D eigenvalue weighted by molar-refractivity contribution is 7.92. The number of carbonyl (C=O) groups excluding carboxylic acids is 1. The molecule has 0 spiro atoms. The van der Waals surface area contributed by atoms with Crippen molar-refractivity contribution in [3.8, 4) is 17.2 Å². The van der Waals surface area contributed by atoms with Crippen molar-refractivity contribution in [1.29, 1.82) is 0 Å². The van der Waals surface area contributed by atoms with Gasteiger partial charge < -0.3 is 15.0 Å². The number of hydrogen-bond donors (Lipinski definition) is 3. The number of pyridine rings is 1. The molecule has 3 heterocycles. The number of nitrogens with zero attached hydrogens (tertiary/aromatic N) is 4. The van der Waals surface area contributed by atoms with Crippen LogP contribution in [0.4, 0.5) is 22.1 Å². The van der Waals surface area contributed by atoms with Gasteiger partial charge in [-0.1, -0.05) is 19.9 Å². The van der Waals surface area contributed by atoms with Crippen LogP contribution >= 0.6 is 0 Å². The summed E-state index contributed by atoms with van der Waals surface area (Å²) in [5.74, 6) is 1.83. The van der Waals surface area contributed by atoms with E-state index in [2.05, 4.69) is 58.3 Å². The highest BCUT2D eigenvalue weighted by Gasteiger charge is 2.18. The number of aromatic nitrogens is 3. The highest BCUT2D eigenvalue weighted by atomic mass is 32.2. The second-order valence-corrected chi connectivity index (χ2v) is 12.2. The zero-order chi connectivity index (χ0) is 29.1. The molecule has 0 atom stereocenters. The molecule has 5 rings (SSSR count). The monoisotopic (exact) mass is 575 g/mol. The summed E-state index contributed by atoms with van der Waals surface area (Å²) in [7, 11) is -1.34. The Morgan fingerprint density at radius 1 is 0.976 bits per heavy atom. The normalized spacial score (nSPS) is 13.5. The average Bonchev–Trinajstić information content (AvgIpc) is 3.32. The molecular formula is C29H33N7O4S. The molecular weight excluding hydrogens is 542 g/mol. The van der Waals surface area contributed by atoms with E-state index in [9.17, 15) is 13.2 Å². The predicted octanol–water partition coefficient (Wildman–Crippen LogP) is 5.19. The van der Waals surface area contributed by atoms with Gasteiger partial charge in [-0.25, -0.2) is 22.9 Å². The lowest BCUT2D eigenvalue weighted by Crippen LogP contribution is -2.26. The quantitative estimate of drug-likeness (QED) is 0.264. The van der Waals surface area contributed by atoms with Crippen LogP contribution in [0.2, 0.25) is 0 Å². The second-order valence-electron chi connectivity index (χ2n) is 10.4. The first-order valence-corrected chi connectivity index (χ1v) is 15.1. The molecule has 0 unspecified atom stereocenters. The van der Waals surface area contributed by atoms with E-state index in [1.54, 1.807) is 35.0 Å². The molecule has 2 amide bonds. The zero-order valence-electron chi connectivity index (χ0n) is 23.4. The lowest BCUT2D eigenvalue weighted by molar-refractivity contribution is 0.262. The lowest BCUT2D eigenvalue weighted by Gasteiger charge is -2.25. The number of ether oxygens (including phenoxy) is 1. The molecule has 0 fully saturated rings. The topological polar surface area (TPSA) is 130 Å². The molecule has 2 aromatic heterocycles. The van der Waals surface area contributed by atoms with Crippen LogP contribution in [0.5, 0.6) is 11.5 Å². The summed E-state index contributed by atoms with van der Waals surface area (Å²) in [4.78, 5) is 19.3. The summed E-state index contributed by atoms with van der Waals surface area (Å²) in [6.07, 6.45) is 3.51. The predicted molar refractivity (Wildman–Crippen MR) is 160 cm³/mol. The maximum absolute atomic E-state index is 13.0. The summed E-state index contributed by atoms with van der Waals surface area (Å²) in [5, 5.41) is 10.6. The molecule has 3 N–H and O–H groups in total. The summed E-state index contributed by atoms with van der Waals surface area (Å²) in [5.41, 5.74) is 4.95. The van der Waals surface area contributed by atoms with Crippen molar-refractivity contribution in [3.63, 3.8) is 0 Å². The van der Waals surface area contributed by atoms with Crippen LogP contribution < -0.4 is 20.1 Å². The Kier molecular flexibility index (Phi) is 7.95. The second kappa shape index (κ2) is 11.6. The largest absolute Gasteiger partial charge is 0.457 e. The van der Waals surface area contributed by atoms with Crippen LogP contribution in [0.1, 0.15) is 36.6 Å². The molecule has 0 aliphatic carbocycles. The number of nitrogens with one attached hydrogen (secondary N) is 3. The molecule has 0 saturated carbocycles. The van der Waals surface area contributed by atoms with Crippen molar-refractivity contribution in [3.05, 3.63) is 83.7 Å². The van der Waals surface area contributed by atoms with E-state index in [4.69, 9.17) is 9.84 Å². The average molecular weight is 576 g/mol. The van der Waals surface area contributed by atoms with Crippen LogP contribution in [-0.2, 0) is 23.0 Å². The van der Waals surface area contributed by atoms with E-state index < -0.39 is 16.1 Å². The lowest BCUT2D eigenvalue weighted by atomic mass is 9.99. The number of rotatable bonds is 8. The van der Waals surface area contributed by atoms with Gasteiger partial charge in [0.1, 0.15) is 23.1 Å². The van der Waals surface area contributed by atoms with Crippen molar-refractivity contribution >= 4 is 33.4 Å². The van der Waals surface area contributed by atoms with E-state index in [0.717, 1.165) is 37.1 Å². The fourth-order valence-electron chi connectivity index (χ4n) is 4.53. The van der Waals surface area contributed by atoms with Gasteiger partial charge in [-0.05, 0) is 73.0 Å². The van der Waals surface area contributed by atoms with Crippen LogP contribution in [0.25, 0.3) is 5.69 Å². The third kappa shape index (κ3) is 7.21. The van der Waals surface area contributed by atoms with Crippen molar-refractivity contribution in [2.75, 3.05) is 35.2 Å².